The van der Waals surface area contributed by atoms with Gasteiger partial charge >= 0.3 is 0 Å². The van der Waals surface area contributed by atoms with E-state index >= 15 is 0 Å². The van der Waals surface area contributed by atoms with Gasteiger partial charge in [-0.15, -0.1) is 0 Å². The van der Waals surface area contributed by atoms with Gasteiger partial charge in [0.15, 0.2) is 0 Å². The third-order valence-electron chi connectivity index (χ3n) is 2.36. The lowest BCUT2D eigenvalue weighted by atomic mass is 10.0. The highest BCUT2D eigenvalue weighted by atomic mass is 16.5. The number of rotatable bonds is 5. The van der Waals surface area contributed by atoms with E-state index in [-0.39, 0.29) is 6.04 Å². The molecule has 86 valence electrons. The molecule has 0 radical (unpaired) electrons. The predicted octanol–water partition coefficient (Wildman–Crippen LogP) is 2.43. The van der Waals surface area contributed by atoms with Crippen LogP contribution in [0.25, 0.3) is 0 Å². The van der Waals surface area contributed by atoms with Gasteiger partial charge in [0.1, 0.15) is 12.4 Å². The Bertz CT molecular complexity index is 351. The lowest BCUT2D eigenvalue weighted by Crippen LogP contribution is -2.27. The second-order valence-corrected chi connectivity index (χ2v) is 4.16. The highest BCUT2D eigenvalue weighted by Crippen LogP contribution is 2.18. The smallest absolute Gasteiger partial charge is 0.119 e. The topological polar surface area (TPSA) is 59.0 Å². The molecule has 3 heteroatoms. The van der Waals surface area contributed by atoms with Crippen LogP contribution >= 0.6 is 0 Å². The molecule has 1 aromatic carbocycles. The monoisotopic (exact) mass is 218 g/mol. The summed E-state index contributed by atoms with van der Waals surface area (Å²) in [5.41, 5.74) is 6.95. The molecule has 0 aliphatic carbocycles. The molecule has 3 nitrogen and oxygen atoms in total. The summed E-state index contributed by atoms with van der Waals surface area (Å²) in [7, 11) is 0. The van der Waals surface area contributed by atoms with Gasteiger partial charge in [-0.25, -0.2) is 0 Å². The maximum atomic E-state index is 8.45. The minimum Gasteiger partial charge on any atom is -0.492 e. The van der Waals surface area contributed by atoms with E-state index in [1.54, 1.807) is 0 Å². The Balaban J connectivity index is 2.47. The first-order valence-corrected chi connectivity index (χ1v) is 5.48. The molecule has 0 aliphatic rings. The maximum absolute atomic E-state index is 8.45. The van der Waals surface area contributed by atoms with Gasteiger partial charge in [-0.05, 0) is 23.6 Å². The van der Waals surface area contributed by atoms with Gasteiger partial charge in [-0.2, -0.15) is 5.26 Å². The second-order valence-electron chi connectivity index (χ2n) is 4.16. The molecule has 0 saturated heterocycles. The molecule has 0 spiro atoms. The van der Waals surface area contributed by atoms with E-state index in [0.717, 1.165) is 5.75 Å². The molecule has 0 heterocycles. The third-order valence-corrected chi connectivity index (χ3v) is 2.36. The summed E-state index contributed by atoms with van der Waals surface area (Å²) in [4.78, 5) is 0. The summed E-state index contributed by atoms with van der Waals surface area (Å²) in [5, 5.41) is 8.45. The Morgan fingerprint density at radius 2 is 1.94 bits per heavy atom. The van der Waals surface area contributed by atoms with Crippen molar-refractivity contribution in [3.05, 3.63) is 29.8 Å². The normalized spacial score (nSPS) is 12.2. The summed E-state index contributed by atoms with van der Waals surface area (Å²) in [6.45, 7) is 4.69. The van der Waals surface area contributed by atoms with E-state index in [0.29, 0.717) is 18.9 Å². The van der Waals surface area contributed by atoms with Gasteiger partial charge in [0, 0.05) is 0 Å². The molecular weight excluding hydrogens is 200 g/mol. The summed E-state index contributed by atoms with van der Waals surface area (Å²) in [6, 6.07) is 9.79. The Hall–Kier alpha value is -1.53. The molecule has 1 unspecified atom stereocenters. The van der Waals surface area contributed by atoms with Crippen molar-refractivity contribution in [2.75, 3.05) is 6.61 Å². The predicted molar refractivity (Wildman–Crippen MR) is 64.2 cm³/mol. The van der Waals surface area contributed by atoms with Crippen molar-refractivity contribution < 1.29 is 4.74 Å². The lowest BCUT2D eigenvalue weighted by Gasteiger charge is -2.11. The van der Waals surface area contributed by atoms with Crippen molar-refractivity contribution in [3.8, 4) is 11.8 Å². The first-order chi connectivity index (χ1) is 7.63. The van der Waals surface area contributed by atoms with Gasteiger partial charge in [0.2, 0.25) is 0 Å². The highest BCUT2D eigenvalue weighted by Gasteiger charge is 2.03. The Kier molecular flexibility index (Phi) is 4.81. The molecule has 1 aromatic rings. The molecule has 1 atom stereocenters. The molecular formula is C13H18N2O. The molecule has 16 heavy (non-hydrogen) atoms. The van der Waals surface area contributed by atoms with Crippen LogP contribution in [0.1, 0.15) is 31.7 Å². The minimum absolute atomic E-state index is 0.213. The van der Waals surface area contributed by atoms with Crippen molar-refractivity contribution in [3.63, 3.8) is 0 Å². The molecule has 0 saturated carbocycles. The molecule has 2 N–H and O–H groups in total. The fourth-order valence-electron chi connectivity index (χ4n) is 1.33. The van der Waals surface area contributed by atoms with E-state index in [4.69, 9.17) is 15.7 Å². The van der Waals surface area contributed by atoms with Crippen LogP contribution in [0, 0.1) is 11.3 Å². The summed E-state index contributed by atoms with van der Waals surface area (Å²) < 4.78 is 5.48. The van der Waals surface area contributed by atoms with Crippen molar-refractivity contribution >= 4 is 0 Å². The maximum Gasteiger partial charge on any atom is 0.119 e. The zero-order valence-electron chi connectivity index (χ0n) is 9.81. The number of hydrogen-bond donors (Lipinski definition) is 1. The average molecular weight is 218 g/mol. The molecule has 0 amide bonds. The lowest BCUT2D eigenvalue weighted by molar-refractivity contribution is 0.290. The number of benzene rings is 1. The molecule has 0 fully saturated rings. The number of nitrogens with two attached hydrogens (primary N) is 1. The zero-order valence-corrected chi connectivity index (χ0v) is 9.81. The summed E-state index contributed by atoms with van der Waals surface area (Å²) in [5.74, 6) is 1.33. The summed E-state index contributed by atoms with van der Waals surface area (Å²) >= 11 is 0. The van der Waals surface area contributed by atoms with E-state index in [2.05, 4.69) is 26.0 Å². The van der Waals surface area contributed by atoms with Gasteiger partial charge in [-0.3, -0.25) is 0 Å². The number of nitriles is 1. The molecule has 1 rings (SSSR count). The summed E-state index contributed by atoms with van der Waals surface area (Å²) in [6.07, 6.45) is 0.323. The number of nitrogens with zero attached hydrogens (tertiary/aromatic N) is 1. The van der Waals surface area contributed by atoms with Crippen LogP contribution in [0.5, 0.6) is 5.75 Å². The van der Waals surface area contributed by atoms with Crippen LogP contribution in [-0.4, -0.2) is 12.6 Å². The van der Waals surface area contributed by atoms with Crippen LogP contribution in [0.2, 0.25) is 0 Å². The van der Waals surface area contributed by atoms with Gasteiger partial charge < -0.3 is 10.5 Å². The first kappa shape index (κ1) is 12.5. The largest absolute Gasteiger partial charge is 0.492 e. The van der Waals surface area contributed by atoms with Gasteiger partial charge in [0.05, 0.1) is 18.5 Å². The zero-order chi connectivity index (χ0) is 12.0. The Morgan fingerprint density at radius 1 is 1.31 bits per heavy atom. The van der Waals surface area contributed by atoms with Crippen LogP contribution < -0.4 is 10.5 Å². The van der Waals surface area contributed by atoms with Crippen LogP contribution in [-0.2, 0) is 0 Å². The molecule has 0 bridgehead atoms. The van der Waals surface area contributed by atoms with E-state index in [1.165, 1.54) is 5.56 Å². The average Bonchev–Trinajstić information content (AvgIpc) is 2.27. The van der Waals surface area contributed by atoms with Gasteiger partial charge in [-0.1, -0.05) is 26.0 Å². The minimum atomic E-state index is -0.213. The first-order valence-electron chi connectivity index (χ1n) is 5.48. The third kappa shape index (κ3) is 3.92. The SMILES string of the molecule is CC(C)c1ccc(OCC(N)CC#N)cc1. The quantitative estimate of drug-likeness (QED) is 0.825. The molecule has 0 aliphatic heterocycles. The van der Waals surface area contributed by atoms with Crippen LogP contribution in [0.15, 0.2) is 24.3 Å². The van der Waals surface area contributed by atoms with Crippen molar-refractivity contribution in [1.82, 2.24) is 0 Å². The standard InChI is InChI=1S/C13H18N2O/c1-10(2)11-3-5-13(6-4-11)16-9-12(15)7-8-14/h3-6,10,12H,7,9,15H2,1-2H3. The highest BCUT2D eigenvalue weighted by molar-refractivity contribution is 5.28. The fourth-order valence-corrected chi connectivity index (χ4v) is 1.33. The van der Waals surface area contributed by atoms with E-state index in [9.17, 15) is 0 Å². The van der Waals surface area contributed by atoms with Gasteiger partial charge in [0.25, 0.3) is 0 Å². The van der Waals surface area contributed by atoms with Crippen molar-refractivity contribution in [1.29, 1.82) is 5.26 Å². The van der Waals surface area contributed by atoms with E-state index in [1.807, 2.05) is 18.2 Å². The Morgan fingerprint density at radius 3 is 2.44 bits per heavy atom. The number of hydrogen-bond acceptors (Lipinski definition) is 3. The van der Waals surface area contributed by atoms with Crippen LogP contribution in [0.4, 0.5) is 0 Å². The second kappa shape index (κ2) is 6.14. The number of ether oxygens (including phenoxy) is 1. The van der Waals surface area contributed by atoms with E-state index < -0.39 is 0 Å². The fraction of sp³-hybridized carbons (Fsp3) is 0.462. The van der Waals surface area contributed by atoms with Crippen molar-refractivity contribution in [2.45, 2.75) is 32.2 Å². The molecule has 0 aromatic heterocycles. The Labute approximate surface area is 96.8 Å². The van der Waals surface area contributed by atoms with Crippen LogP contribution in [0.3, 0.4) is 0 Å². The van der Waals surface area contributed by atoms with Crippen molar-refractivity contribution in [2.24, 2.45) is 5.73 Å².